The molecule has 3 heteroatoms. The van der Waals surface area contributed by atoms with Gasteiger partial charge in [0.15, 0.2) is 0 Å². The van der Waals surface area contributed by atoms with Gasteiger partial charge in [-0.2, -0.15) is 5.10 Å². The fourth-order valence-corrected chi connectivity index (χ4v) is 2.13. The summed E-state index contributed by atoms with van der Waals surface area (Å²) in [6.07, 6.45) is 8.54. The van der Waals surface area contributed by atoms with Crippen molar-refractivity contribution < 1.29 is 0 Å². The number of hydrogen-bond acceptors (Lipinski definition) is 2. The van der Waals surface area contributed by atoms with E-state index < -0.39 is 0 Å². The molecule has 0 aliphatic heterocycles. The van der Waals surface area contributed by atoms with Crippen LogP contribution in [0.25, 0.3) is 5.52 Å². The average Bonchev–Trinajstić information content (AvgIpc) is 2.87. The molecule has 16 heavy (non-hydrogen) atoms. The van der Waals surface area contributed by atoms with Gasteiger partial charge in [0.05, 0.1) is 11.7 Å². The zero-order chi connectivity index (χ0) is 11.2. The lowest BCUT2D eigenvalue weighted by Gasteiger charge is -2.06. The summed E-state index contributed by atoms with van der Waals surface area (Å²) in [6, 6.07) is 4.28. The number of fused-ring (bicyclic) bond motifs is 1. The summed E-state index contributed by atoms with van der Waals surface area (Å²) in [5.74, 6) is 0. The molecule has 0 spiro atoms. The molecule has 0 bridgehead atoms. The molecule has 2 N–H and O–H groups in total. The third-order valence-corrected chi connectivity index (χ3v) is 3.53. The normalized spacial score (nSPS) is 17.9. The summed E-state index contributed by atoms with van der Waals surface area (Å²) in [4.78, 5) is 0. The lowest BCUT2D eigenvalue weighted by molar-refractivity contribution is 0.610. The Bertz CT molecular complexity index is 523. The largest absolute Gasteiger partial charge is 0.325 e. The van der Waals surface area contributed by atoms with Crippen LogP contribution in [0.2, 0.25) is 0 Å². The molecule has 1 aliphatic carbocycles. The van der Waals surface area contributed by atoms with Crippen LogP contribution in [0.3, 0.4) is 0 Å². The first-order chi connectivity index (χ1) is 7.66. The zero-order valence-corrected chi connectivity index (χ0v) is 9.61. The monoisotopic (exact) mass is 215 g/mol. The van der Waals surface area contributed by atoms with Gasteiger partial charge in [0.2, 0.25) is 0 Å². The van der Waals surface area contributed by atoms with Crippen molar-refractivity contribution in [2.45, 2.75) is 38.1 Å². The summed E-state index contributed by atoms with van der Waals surface area (Å²) in [5.41, 5.74) is 10.0. The molecule has 2 aromatic rings. The van der Waals surface area contributed by atoms with E-state index in [0.29, 0.717) is 0 Å². The van der Waals surface area contributed by atoms with E-state index in [0.717, 1.165) is 12.8 Å². The number of hydrogen-bond donors (Lipinski definition) is 1. The van der Waals surface area contributed by atoms with Gasteiger partial charge in [0.25, 0.3) is 0 Å². The SMILES string of the molecule is Cc1ccc2c(CCC3(N)CC3)cnn2c1. The van der Waals surface area contributed by atoms with Crippen LogP contribution in [-0.4, -0.2) is 15.2 Å². The Morgan fingerprint density at radius 2 is 2.25 bits per heavy atom. The first kappa shape index (κ1) is 9.85. The molecule has 0 saturated heterocycles. The Kier molecular flexibility index (Phi) is 2.04. The van der Waals surface area contributed by atoms with Crippen molar-refractivity contribution in [1.29, 1.82) is 0 Å². The van der Waals surface area contributed by atoms with Gasteiger partial charge in [-0.3, -0.25) is 0 Å². The molecule has 0 radical (unpaired) electrons. The van der Waals surface area contributed by atoms with Crippen LogP contribution in [0.1, 0.15) is 30.4 Å². The van der Waals surface area contributed by atoms with Gasteiger partial charge >= 0.3 is 0 Å². The highest BCUT2D eigenvalue weighted by Crippen LogP contribution is 2.36. The summed E-state index contributed by atoms with van der Waals surface area (Å²) in [6.45, 7) is 2.08. The van der Waals surface area contributed by atoms with Gasteiger partial charge in [-0.25, -0.2) is 4.52 Å². The lowest BCUT2D eigenvalue weighted by atomic mass is 10.1. The smallest absolute Gasteiger partial charge is 0.0693 e. The summed E-state index contributed by atoms with van der Waals surface area (Å²) >= 11 is 0. The molecule has 1 fully saturated rings. The van der Waals surface area contributed by atoms with Crippen LogP contribution < -0.4 is 5.73 Å². The van der Waals surface area contributed by atoms with Gasteiger partial charge in [-0.1, -0.05) is 6.07 Å². The molecule has 0 amide bonds. The zero-order valence-electron chi connectivity index (χ0n) is 9.61. The van der Waals surface area contributed by atoms with Crippen LogP contribution in [-0.2, 0) is 6.42 Å². The Morgan fingerprint density at radius 1 is 1.44 bits per heavy atom. The fraction of sp³-hybridized carbons (Fsp3) is 0.462. The van der Waals surface area contributed by atoms with Crippen LogP contribution in [0.15, 0.2) is 24.5 Å². The number of pyridine rings is 1. The summed E-state index contributed by atoms with van der Waals surface area (Å²) < 4.78 is 1.96. The number of aryl methyl sites for hydroxylation is 2. The molecule has 0 atom stereocenters. The van der Waals surface area contributed by atoms with E-state index in [4.69, 9.17) is 5.73 Å². The lowest BCUT2D eigenvalue weighted by Crippen LogP contribution is -2.21. The highest BCUT2D eigenvalue weighted by molar-refractivity contribution is 5.54. The van der Waals surface area contributed by atoms with Gasteiger partial charge in [-0.05, 0) is 49.8 Å². The highest BCUT2D eigenvalue weighted by atomic mass is 15.2. The third-order valence-electron chi connectivity index (χ3n) is 3.53. The van der Waals surface area contributed by atoms with Crippen LogP contribution in [0.4, 0.5) is 0 Å². The molecule has 2 aromatic heterocycles. The van der Waals surface area contributed by atoms with E-state index >= 15 is 0 Å². The molecule has 3 rings (SSSR count). The number of nitrogens with zero attached hydrogens (tertiary/aromatic N) is 2. The Hall–Kier alpha value is -1.35. The predicted molar refractivity (Wildman–Crippen MR) is 64.4 cm³/mol. The minimum atomic E-state index is 0.138. The number of nitrogens with two attached hydrogens (primary N) is 1. The van der Waals surface area contributed by atoms with Gasteiger partial charge < -0.3 is 5.73 Å². The third kappa shape index (κ3) is 1.71. The Labute approximate surface area is 95.3 Å². The number of rotatable bonds is 3. The van der Waals surface area contributed by atoms with E-state index in [1.165, 1.54) is 29.5 Å². The molecular weight excluding hydrogens is 198 g/mol. The molecule has 3 nitrogen and oxygen atoms in total. The maximum absolute atomic E-state index is 6.10. The van der Waals surface area contributed by atoms with Crippen molar-refractivity contribution in [3.63, 3.8) is 0 Å². The van der Waals surface area contributed by atoms with E-state index in [1.807, 2.05) is 10.7 Å². The fourth-order valence-electron chi connectivity index (χ4n) is 2.13. The van der Waals surface area contributed by atoms with Gasteiger partial charge in [0.1, 0.15) is 0 Å². The van der Waals surface area contributed by atoms with E-state index in [-0.39, 0.29) is 5.54 Å². The molecule has 2 heterocycles. The topological polar surface area (TPSA) is 43.3 Å². The molecular formula is C13H17N3. The minimum absolute atomic E-state index is 0.138. The minimum Gasteiger partial charge on any atom is -0.325 e. The van der Waals surface area contributed by atoms with E-state index in [2.05, 4.69) is 30.4 Å². The first-order valence-electron chi connectivity index (χ1n) is 5.88. The first-order valence-corrected chi connectivity index (χ1v) is 5.88. The van der Waals surface area contributed by atoms with Crippen LogP contribution in [0, 0.1) is 6.92 Å². The Balaban J connectivity index is 1.86. The maximum Gasteiger partial charge on any atom is 0.0693 e. The second-order valence-corrected chi connectivity index (χ2v) is 5.07. The molecule has 0 aromatic carbocycles. The molecule has 84 valence electrons. The molecule has 1 aliphatic rings. The number of aromatic nitrogens is 2. The van der Waals surface area contributed by atoms with Crippen molar-refractivity contribution in [1.82, 2.24) is 9.61 Å². The Morgan fingerprint density at radius 3 is 3.00 bits per heavy atom. The summed E-state index contributed by atoms with van der Waals surface area (Å²) in [7, 11) is 0. The van der Waals surface area contributed by atoms with Crippen molar-refractivity contribution in [2.75, 3.05) is 0 Å². The second kappa shape index (κ2) is 3.32. The van der Waals surface area contributed by atoms with Gasteiger partial charge in [0, 0.05) is 11.7 Å². The van der Waals surface area contributed by atoms with Crippen molar-refractivity contribution in [3.8, 4) is 0 Å². The maximum atomic E-state index is 6.10. The van der Waals surface area contributed by atoms with Crippen molar-refractivity contribution in [3.05, 3.63) is 35.7 Å². The standard InChI is InChI=1S/C13H17N3/c1-10-2-3-12-11(8-15-16(12)9-10)4-5-13(14)6-7-13/h2-3,8-9H,4-7,14H2,1H3. The van der Waals surface area contributed by atoms with E-state index in [1.54, 1.807) is 0 Å². The highest BCUT2D eigenvalue weighted by Gasteiger charge is 2.37. The van der Waals surface area contributed by atoms with Crippen LogP contribution in [0.5, 0.6) is 0 Å². The van der Waals surface area contributed by atoms with Crippen LogP contribution >= 0.6 is 0 Å². The quantitative estimate of drug-likeness (QED) is 0.851. The van der Waals surface area contributed by atoms with Crippen molar-refractivity contribution >= 4 is 5.52 Å². The van der Waals surface area contributed by atoms with E-state index in [9.17, 15) is 0 Å². The predicted octanol–water partition coefficient (Wildman–Crippen LogP) is 2.07. The average molecular weight is 215 g/mol. The molecule has 0 unspecified atom stereocenters. The second-order valence-electron chi connectivity index (χ2n) is 5.07. The van der Waals surface area contributed by atoms with Gasteiger partial charge in [-0.15, -0.1) is 0 Å². The summed E-state index contributed by atoms with van der Waals surface area (Å²) in [5, 5.41) is 4.38. The molecule has 1 saturated carbocycles. The van der Waals surface area contributed by atoms with Crippen molar-refractivity contribution in [2.24, 2.45) is 5.73 Å².